The van der Waals surface area contributed by atoms with Crippen LogP contribution < -0.4 is 10.6 Å². The first-order valence-electron chi connectivity index (χ1n) is 6.87. The van der Waals surface area contributed by atoms with Crippen LogP contribution in [-0.2, 0) is 6.42 Å². The molecule has 2 N–H and O–H groups in total. The summed E-state index contributed by atoms with van der Waals surface area (Å²) in [6, 6.07) is 15.1. The second kappa shape index (κ2) is 6.99. The van der Waals surface area contributed by atoms with Crippen LogP contribution in [-0.4, -0.2) is 11.0 Å². The molecular weight excluding hydrogens is 280 g/mol. The molecule has 0 fully saturated rings. The van der Waals surface area contributed by atoms with Crippen molar-refractivity contribution in [3.05, 3.63) is 65.2 Å². The molecule has 3 nitrogen and oxygen atoms in total. The van der Waals surface area contributed by atoms with Gasteiger partial charge >= 0.3 is 0 Å². The van der Waals surface area contributed by atoms with Gasteiger partial charge in [-0.15, -0.1) is 0 Å². The number of nitrogens with one attached hydrogen (secondary N) is 2. The van der Waals surface area contributed by atoms with E-state index < -0.39 is 0 Å². The molecule has 0 aliphatic heterocycles. The summed E-state index contributed by atoms with van der Waals surface area (Å²) in [6.45, 7) is 4.14. The highest BCUT2D eigenvalue weighted by atomic mass is 32.1. The van der Waals surface area contributed by atoms with Crippen molar-refractivity contribution in [2.24, 2.45) is 0 Å². The number of benzene rings is 2. The molecule has 0 saturated heterocycles. The third kappa shape index (κ3) is 4.13. The number of carbonyl (C=O) groups is 1. The molecule has 0 unspecified atom stereocenters. The third-order valence-corrected chi connectivity index (χ3v) is 3.36. The standard InChI is InChI=1S/C17H18N2OS/c1-3-13-11-12(2)9-10-15(13)18-17(21)19-16(20)14-7-5-4-6-8-14/h4-11H,3H2,1-2H3,(H2,18,19,20,21). The minimum absolute atomic E-state index is 0.210. The van der Waals surface area contributed by atoms with E-state index in [1.165, 1.54) is 11.1 Å². The molecule has 1 amide bonds. The molecule has 0 spiro atoms. The van der Waals surface area contributed by atoms with E-state index in [4.69, 9.17) is 12.2 Å². The van der Waals surface area contributed by atoms with E-state index >= 15 is 0 Å². The minimum Gasteiger partial charge on any atom is -0.332 e. The Kier molecular flexibility index (Phi) is 5.06. The van der Waals surface area contributed by atoms with Gasteiger partial charge in [0.25, 0.3) is 5.91 Å². The lowest BCUT2D eigenvalue weighted by atomic mass is 10.1. The van der Waals surface area contributed by atoms with Gasteiger partial charge in [-0.25, -0.2) is 0 Å². The Labute approximate surface area is 130 Å². The van der Waals surface area contributed by atoms with Gasteiger partial charge < -0.3 is 5.32 Å². The topological polar surface area (TPSA) is 41.1 Å². The first kappa shape index (κ1) is 15.2. The third-order valence-electron chi connectivity index (χ3n) is 3.15. The average Bonchev–Trinajstić information content (AvgIpc) is 2.49. The summed E-state index contributed by atoms with van der Waals surface area (Å²) in [5, 5.41) is 6.09. The second-order valence-corrected chi connectivity index (χ2v) is 5.20. The Bertz CT molecular complexity index is 653. The van der Waals surface area contributed by atoms with Crippen molar-refractivity contribution in [2.45, 2.75) is 20.3 Å². The Hall–Kier alpha value is -2.20. The Morgan fingerprint density at radius 3 is 2.52 bits per heavy atom. The number of anilines is 1. The second-order valence-electron chi connectivity index (χ2n) is 4.79. The predicted molar refractivity (Wildman–Crippen MR) is 90.7 cm³/mol. The van der Waals surface area contributed by atoms with Crippen molar-refractivity contribution in [1.29, 1.82) is 0 Å². The van der Waals surface area contributed by atoms with Crippen molar-refractivity contribution in [1.82, 2.24) is 5.32 Å². The van der Waals surface area contributed by atoms with Gasteiger partial charge in [0, 0.05) is 11.3 Å². The maximum atomic E-state index is 12.0. The van der Waals surface area contributed by atoms with Crippen molar-refractivity contribution in [3.8, 4) is 0 Å². The number of rotatable bonds is 3. The summed E-state index contributed by atoms with van der Waals surface area (Å²) in [6.07, 6.45) is 0.902. The van der Waals surface area contributed by atoms with Gasteiger partial charge in [-0.3, -0.25) is 10.1 Å². The van der Waals surface area contributed by atoms with Crippen LogP contribution in [0.4, 0.5) is 5.69 Å². The molecule has 21 heavy (non-hydrogen) atoms. The molecular formula is C17H18N2OS. The largest absolute Gasteiger partial charge is 0.332 e. The van der Waals surface area contributed by atoms with Gasteiger partial charge in [-0.2, -0.15) is 0 Å². The van der Waals surface area contributed by atoms with E-state index in [0.29, 0.717) is 10.7 Å². The van der Waals surface area contributed by atoms with E-state index in [0.717, 1.165) is 12.1 Å². The van der Waals surface area contributed by atoms with Crippen LogP contribution in [0.5, 0.6) is 0 Å². The zero-order valence-electron chi connectivity index (χ0n) is 12.1. The summed E-state index contributed by atoms with van der Waals surface area (Å²) in [5.74, 6) is -0.210. The van der Waals surface area contributed by atoms with Crippen LogP contribution in [0.3, 0.4) is 0 Å². The lowest BCUT2D eigenvalue weighted by molar-refractivity contribution is 0.0977. The van der Waals surface area contributed by atoms with Crippen LogP contribution in [0.2, 0.25) is 0 Å². The van der Waals surface area contributed by atoms with Crippen LogP contribution in [0.1, 0.15) is 28.4 Å². The molecule has 0 bridgehead atoms. The molecule has 0 saturated carbocycles. The fourth-order valence-electron chi connectivity index (χ4n) is 2.06. The maximum absolute atomic E-state index is 12.0. The van der Waals surface area contributed by atoms with Crippen molar-refractivity contribution >= 4 is 28.9 Å². The van der Waals surface area contributed by atoms with Crippen LogP contribution in [0.15, 0.2) is 48.5 Å². The van der Waals surface area contributed by atoms with E-state index in [9.17, 15) is 4.79 Å². The zero-order chi connectivity index (χ0) is 15.2. The number of hydrogen-bond acceptors (Lipinski definition) is 2. The number of carbonyl (C=O) groups excluding carboxylic acids is 1. The molecule has 4 heteroatoms. The van der Waals surface area contributed by atoms with Crippen LogP contribution >= 0.6 is 12.2 Å². The first-order chi connectivity index (χ1) is 10.1. The van der Waals surface area contributed by atoms with Gasteiger partial charge in [0.05, 0.1) is 0 Å². The van der Waals surface area contributed by atoms with Crippen LogP contribution in [0.25, 0.3) is 0 Å². The van der Waals surface area contributed by atoms with E-state index in [1.807, 2.05) is 30.3 Å². The maximum Gasteiger partial charge on any atom is 0.257 e. The highest BCUT2D eigenvalue weighted by Crippen LogP contribution is 2.17. The number of hydrogen-bond donors (Lipinski definition) is 2. The Morgan fingerprint density at radius 2 is 1.86 bits per heavy atom. The fourth-order valence-corrected chi connectivity index (χ4v) is 2.26. The molecule has 2 aromatic carbocycles. The van der Waals surface area contributed by atoms with Gasteiger partial charge in [0.15, 0.2) is 5.11 Å². The van der Waals surface area contributed by atoms with E-state index in [1.54, 1.807) is 12.1 Å². The normalized spacial score (nSPS) is 10.0. The van der Waals surface area contributed by atoms with Crippen molar-refractivity contribution in [3.63, 3.8) is 0 Å². The Morgan fingerprint density at radius 1 is 1.14 bits per heavy atom. The van der Waals surface area contributed by atoms with E-state index in [-0.39, 0.29) is 5.91 Å². The quantitative estimate of drug-likeness (QED) is 0.849. The number of aryl methyl sites for hydroxylation is 2. The van der Waals surface area contributed by atoms with Crippen molar-refractivity contribution < 1.29 is 4.79 Å². The number of thiocarbonyl (C=S) groups is 1. The summed E-state index contributed by atoms with van der Waals surface area (Å²) < 4.78 is 0. The van der Waals surface area contributed by atoms with Gasteiger partial charge in [-0.05, 0) is 49.3 Å². The van der Waals surface area contributed by atoms with Gasteiger partial charge in [0.2, 0.25) is 0 Å². The van der Waals surface area contributed by atoms with Gasteiger partial charge in [0.1, 0.15) is 0 Å². The average molecular weight is 298 g/mol. The Balaban J connectivity index is 2.04. The predicted octanol–water partition coefficient (Wildman–Crippen LogP) is 3.68. The number of amides is 1. The molecule has 0 aromatic heterocycles. The smallest absolute Gasteiger partial charge is 0.257 e. The molecule has 0 radical (unpaired) electrons. The highest BCUT2D eigenvalue weighted by Gasteiger charge is 2.08. The summed E-state index contributed by atoms with van der Waals surface area (Å²) in [7, 11) is 0. The lowest BCUT2D eigenvalue weighted by Gasteiger charge is -2.13. The SMILES string of the molecule is CCc1cc(C)ccc1NC(=S)NC(=O)c1ccccc1. The van der Waals surface area contributed by atoms with Crippen molar-refractivity contribution in [2.75, 3.05) is 5.32 Å². The summed E-state index contributed by atoms with van der Waals surface area (Å²) in [5.41, 5.74) is 3.89. The minimum atomic E-state index is -0.210. The highest BCUT2D eigenvalue weighted by molar-refractivity contribution is 7.80. The molecule has 0 atom stereocenters. The summed E-state index contributed by atoms with van der Waals surface area (Å²) in [4.78, 5) is 12.0. The first-order valence-corrected chi connectivity index (χ1v) is 7.28. The zero-order valence-corrected chi connectivity index (χ0v) is 13.0. The molecule has 0 aliphatic rings. The molecule has 0 aliphatic carbocycles. The monoisotopic (exact) mass is 298 g/mol. The van der Waals surface area contributed by atoms with E-state index in [2.05, 4.69) is 30.5 Å². The van der Waals surface area contributed by atoms with Crippen LogP contribution in [0, 0.1) is 6.92 Å². The lowest BCUT2D eigenvalue weighted by Crippen LogP contribution is -2.34. The fraction of sp³-hybridized carbons (Fsp3) is 0.176. The molecule has 2 aromatic rings. The van der Waals surface area contributed by atoms with Gasteiger partial charge in [-0.1, -0.05) is 42.8 Å². The molecule has 2 rings (SSSR count). The molecule has 0 heterocycles. The summed E-state index contributed by atoms with van der Waals surface area (Å²) >= 11 is 5.21. The molecule has 108 valence electrons.